The Balaban J connectivity index is 2.57. The third kappa shape index (κ3) is 6.43. The van der Waals surface area contributed by atoms with Crippen LogP contribution in [0.4, 0.5) is 14.9 Å². The first-order chi connectivity index (χ1) is 10.2. The molecule has 6 nitrogen and oxygen atoms in total. The average molecular weight is 311 g/mol. The number of nitrogens with one attached hydrogen (secondary N) is 3. The quantitative estimate of drug-likeness (QED) is 0.780. The van der Waals surface area contributed by atoms with Crippen LogP contribution in [-0.4, -0.2) is 30.6 Å². The standard InChI is InChI=1S/C15H22FN3O3/c1-5-22-12-8-10(16)6-7-11(12)18-14(21)17-9-13(20)19-15(2,3)4/h6-8H,5,9H2,1-4H3,(H,19,20)(H2,17,18,21). The number of urea groups is 1. The van der Waals surface area contributed by atoms with Crippen molar-refractivity contribution in [1.29, 1.82) is 0 Å². The molecule has 0 spiro atoms. The van der Waals surface area contributed by atoms with Crippen molar-refractivity contribution in [3.8, 4) is 5.75 Å². The zero-order valence-electron chi connectivity index (χ0n) is 13.2. The number of ether oxygens (including phenoxy) is 1. The highest BCUT2D eigenvalue weighted by Gasteiger charge is 2.15. The van der Waals surface area contributed by atoms with Crippen LogP contribution in [0, 0.1) is 5.82 Å². The number of hydrogen-bond donors (Lipinski definition) is 3. The Hall–Kier alpha value is -2.31. The highest BCUT2D eigenvalue weighted by Crippen LogP contribution is 2.25. The van der Waals surface area contributed by atoms with Crippen molar-refractivity contribution in [2.75, 3.05) is 18.5 Å². The molecule has 0 aliphatic rings. The van der Waals surface area contributed by atoms with Gasteiger partial charge in [-0.05, 0) is 39.8 Å². The van der Waals surface area contributed by atoms with E-state index >= 15 is 0 Å². The van der Waals surface area contributed by atoms with E-state index in [9.17, 15) is 14.0 Å². The van der Waals surface area contributed by atoms with Crippen molar-refractivity contribution in [3.05, 3.63) is 24.0 Å². The van der Waals surface area contributed by atoms with Gasteiger partial charge in [0.1, 0.15) is 11.6 Å². The van der Waals surface area contributed by atoms with Crippen LogP contribution >= 0.6 is 0 Å². The molecule has 0 fully saturated rings. The van der Waals surface area contributed by atoms with E-state index in [4.69, 9.17) is 4.74 Å². The van der Waals surface area contributed by atoms with Crippen LogP contribution in [0.1, 0.15) is 27.7 Å². The third-order valence-electron chi connectivity index (χ3n) is 2.42. The van der Waals surface area contributed by atoms with E-state index in [0.717, 1.165) is 0 Å². The lowest BCUT2D eigenvalue weighted by atomic mass is 10.1. The molecule has 122 valence electrons. The van der Waals surface area contributed by atoms with E-state index in [2.05, 4.69) is 16.0 Å². The van der Waals surface area contributed by atoms with Crippen molar-refractivity contribution in [1.82, 2.24) is 10.6 Å². The number of carbonyl (C=O) groups excluding carboxylic acids is 2. The summed E-state index contributed by atoms with van der Waals surface area (Å²) in [5.41, 5.74) is -0.0362. The molecular weight excluding hydrogens is 289 g/mol. The number of hydrogen-bond acceptors (Lipinski definition) is 3. The second kappa shape index (κ2) is 7.63. The Morgan fingerprint density at radius 1 is 1.27 bits per heavy atom. The Labute approximate surface area is 129 Å². The molecule has 0 saturated heterocycles. The van der Waals surface area contributed by atoms with Crippen LogP contribution < -0.4 is 20.7 Å². The molecule has 22 heavy (non-hydrogen) atoms. The van der Waals surface area contributed by atoms with Gasteiger partial charge in [0.05, 0.1) is 18.8 Å². The number of carbonyl (C=O) groups is 2. The predicted octanol–water partition coefficient (Wildman–Crippen LogP) is 2.26. The topological polar surface area (TPSA) is 79.5 Å². The zero-order valence-corrected chi connectivity index (χ0v) is 13.2. The lowest BCUT2D eigenvalue weighted by Gasteiger charge is -2.20. The molecule has 3 N–H and O–H groups in total. The van der Waals surface area contributed by atoms with Gasteiger partial charge in [-0.3, -0.25) is 4.79 Å². The summed E-state index contributed by atoms with van der Waals surface area (Å²) >= 11 is 0. The van der Waals surface area contributed by atoms with E-state index in [1.165, 1.54) is 18.2 Å². The van der Waals surface area contributed by atoms with Crippen LogP contribution in [0.15, 0.2) is 18.2 Å². The van der Waals surface area contributed by atoms with Gasteiger partial charge >= 0.3 is 6.03 Å². The van der Waals surface area contributed by atoms with Gasteiger partial charge in [0.2, 0.25) is 5.91 Å². The molecule has 0 heterocycles. The first-order valence-corrected chi connectivity index (χ1v) is 6.99. The number of halogens is 1. The fraction of sp³-hybridized carbons (Fsp3) is 0.467. The molecule has 1 rings (SSSR count). The molecule has 1 aromatic carbocycles. The first kappa shape index (κ1) is 17.7. The molecule has 0 aromatic heterocycles. The number of benzene rings is 1. The highest BCUT2D eigenvalue weighted by atomic mass is 19.1. The number of amides is 3. The van der Waals surface area contributed by atoms with Gasteiger partial charge in [-0.25, -0.2) is 9.18 Å². The summed E-state index contributed by atoms with van der Waals surface area (Å²) in [7, 11) is 0. The summed E-state index contributed by atoms with van der Waals surface area (Å²) in [5.74, 6) is -0.525. The summed E-state index contributed by atoms with van der Waals surface area (Å²) < 4.78 is 18.4. The SMILES string of the molecule is CCOc1cc(F)ccc1NC(=O)NCC(=O)NC(C)(C)C. The monoisotopic (exact) mass is 311 g/mol. The maximum atomic E-state index is 13.2. The molecule has 7 heteroatoms. The highest BCUT2D eigenvalue weighted by molar-refractivity contribution is 5.93. The Morgan fingerprint density at radius 2 is 1.95 bits per heavy atom. The second-order valence-corrected chi connectivity index (χ2v) is 5.68. The minimum absolute atomic E-state index is 0.158. The number of anilines is 1. The minimum atomic E-state index is -0.573. The third-order valence-corrected chi connectivity index (χ3v) is 2.42. The molecule has 0 saturated carbocycles. The van der Waals surface area contributed by atoms with Gasteiger partial charge < -0.3 is 20.7 Å². The Bertz CT molecular complexity index is 541. The molecule has 0 aliphatic carbocycles. The van der Waals surface area contributed by atoms with Gasteiger partial charge in [0, 0.05) is 11.6 Å². The zero-order chi connectivity index (χ0) is 16.8. The van der Waals surface area contributed by atoms with Gasteiger partial charge in [0.15, 0.2) is 0 Å². The smallest absolute Gasteiger partial charge is 0.319 e. The van der Waals surface area contributed by atoms with Gasteiger partial charge in [0.25, 0.3) is 0 Å². The molecule has 0 unspecified atom stereocenters. The van der Waals surface area contributed by atoms with E-state index in [-0.39, 0.29) is 23.7 Å². The van der Waals surface area contributed by atoms with Crippen LogP contribution in [0.5, 0.6) is 5.75 Å². The van der Waals surface area contributed by atoms with Crippen LogP contribution in [0.3, 0.4) is 0 Å². The van der Waals surface area contributed by atoms with Crippen molar-refractivity contribution in [3.63, 3.8) is 0 Å². The van der Waals surface area contributed by atoms with Crippen LogP contribution in [-0.2, 0) is 4.79 Å². The molecule has 3 amide bonds. The lowest BCUT2D eigenvalue weighted by molar-refractivity contribution is -0.121. The van der Waals surface area contributed by atoms with Crippen molar-refractivity contribution >= 4 is 17.6 Å². The Morgan fingerprint density at radius 3 is 2.55 bits per heavy atom. The molecule has 1 aromatic rings. The minimum Gasteiger partial charge on any atom is -0.492 e. The molecule has 0 radical (unpaired) electrons. The first-order valence-electron chi connectivity index (χ1n) is 6.99. The maximum absolute atomic E-state index is 13.2. The predicted molar refractivity (Wildman–Crippen MR) is 82.5 cm³/mol. The molecular formula is C15H22FN3O3. The van der Waals surface area contributed by atoms with Crippen LogP contribution in [0.2, 0.25) is 0 Å². The van der Waals surface area contributed by atoms with Gasteiger partial charge in [-0.1, -0.05) is 0 Å². The summed E-state index contributed by atoms with van der Waals surface area (Å²) in [4.78, 5) is 23.4. The van der Waals surface area contributed by atoms with Crippen molar-refractivity contribution in [2.24, 2.45) is 0 Å². The lowest BCUT2D eigenvalue weighted by Crippen LogP contribution is -2.46. The number of rotatable bonds is 5. The maximum Gasteiger partial charge on any atom is 0.319 e. The van der Waals surface area contributed by atoms with Gasteiger partial charge in [-0.15, -0.1) is 0 Å². The van der Waals surface area contributed by atoms with E-state index in [1.807, 2.05) is 20.8 Å². The van der Waals surface area contributed by atoms with E-state index in [1.54, 1.807) is 6.92 Å². The van der Waals surface area contributed by atoms with Crippen molar-refractivity contribution < 1.29 is 18.7 Å². The summed E-state index contributed by atoms with van der Waals surface area (Å²) in [5, 5.41) is 7.67. The normalized spacial score (nSPS) is 10.8. The molecule has 0 aliphatic heterocycles. The molecule has 0 bridgehead atoms. The fourth-order valence-corrected chi connectivity index (χ4v) is 1.66. The van der Waals surface area contributed by atoms with E-state index < -0.39 is 11.8 Å². The largest absolute Gasteiger partial charge is 0.492 e. The second-order valence-electron chi connectivity index (χ2n) is 5.68. The fourth-order valence-electron chi connectivity index (χ4n) is 1.66. The Kier molecular flexibility index (Phi) is 6.15. The summed E-state index contributed by atoms with van der Waals surface area (Å²) in [6.45, 7) is 7.47. The van der Waals surface area contributed by atoms with Crippen molar-refractivity contribution in [2.45, 2.75) is 33.2 Å². The average Bonchev–Trinajstić information content (AvgIpc) is 2.38. The van der Waals surface area contributed by atoms with E-state index in [0.29, 0.717) is 12.3 Å². The summed E-state index contributed by atoms with van der Waals surface area (Å²) in [6, 6.07) is 3.22. The summed E-state index contributed by atoms with van der Waals surface area (Å²) in [6.07, 6.45) is 0. The van der Waals surface area contributed by atoms with Gasteiger partial charge in [-0.2, -0.15) is 0 Å². The van der Waals surface area contributed by atoms with Crippen LogP contribution in [0.25, 0.3) is 0 Å². The molecule has 0 atom stereocenters.